The number of benzene rings is 3. The van der Waals surface area contributed by atoms with Crippen molar-refractivity contribution < 1.29 is 9.59 Å². The molecule has 1 aliphatic rings. The summed E-state index contributed by atoms with van der Waals surface area (Å²) in [6.07, 6.45) is 0.232. The molecule has 4 rings (SSSR count). The monoisotopic (exact) mass is 342 g/mol. The van der Waals surface area contributed by atoms with Crippen LogP contribution in [0.1, 0.15) is 12.5 Å². The minimum Gasteiger partial charge on any atom is -0.298 e. The summed E-state index contributed by atoms with van der Waals surface area (Å²) in [5, 5.41) is 7.86. The van der Waals surface area contributed by atoms with Crippen LogP contribution in [0.25, 0.3) is 10.8 Å². The highest BCUT2D eigenvalue weighted by Crippen LogP contribution is 2.28. The van der Waals surface area contributed by atoms with Crippen molar-refractivity contribution in [2.24, 2.45) is 11.0 Å². The van der Waals surface area contributed by atoms with Gasteiger partial charge in [-0.25, -0.2) is 0 Å². The molecular formula is C22H18N2O2. The fourth-order valence-corrected chi connectivity index (χ4v) is 3.33. The molecule has 4 nitrogen and oxygen atoms in total. The lowest BCUT2D eigenvalue weighted by Crippen LogP contribution is -2.33. The van der Waals surface area contributed by atoms with Gasteiger partial charge in [-0.05, 0) is 35.4 Å². The van der Waals surface area contributed by atoms with Gasteiger partial charge in [0.05, 0.1) is 11.4 Å². The summed E-state index contributed by atoms with van der Waals surface area (Å²) in [4.78, 5) is 25.6. The molecule has 4 heteroatoms. The van der Waals surface area contributed by atoms with Gasteiger partial charge in [-0.3, -0.25) is 9.59 Å². The average Bonchev–Trinajstić information content (AvgIpc) is 2.96. The first kappa shape index (κ1) is 16.2. The van der Waals surface area contributed by atoms with Crippen molar-refractivity contribution in [2.75, 3.05) is 5.01 Å². The number of anilines is 1. The number of nitrogens with zero attached hydrogens (tertiary/aromatic N) is 2. The van der Waals surface area contributed by atoms with Crippen molar-refractivity contribution in [2.45, 2.75) is 13.3 Å². The van der Waals surface area contributed by atoms with Crippen LogP contribution in [0.5, 0.6) is 0 Å². The Kier molecular flexibility index (Phi) is 4.09. The second kappa shape index (κ2) is 6.56. The Morgan fingerprint density at radius 1 is 0.962 bits per heavy atom. The van der Waals surface area contributed by atoms with Crippen molar-refractivity contribution in [1.29, 1.82) is 0 Å². The highest BCUT2D eigenvalue weighted by Gasteiger charge is 2.39. The first-order valence-electron chi connectivity index (χ1n) is 8.58. The Morgan fingerprint density at radius 2 is 1.65 bits per heavy atom. The minimum atomic E-state index is -0.804. The number of carbonyl (C=O) groups is 2. The van der Waals surface area contributed by atoms with Gasteiger partial charge >= 0.3 is 0 Å². The third kappa shape index (κ3) is 2.90. The van der Waals surface area contributed by atoms with E-state index in [2.05, 4.69) is 5.10 Å². The third-order valence-electron chi connectivity index (χ3n) is 4.65. The van der Waals surface area contributed by atoms with E-state index in [0.29, 0.717) is 11.4 Å². The lowest BCUT2D eigenvalue weighted by atomic mass is 9.94. The molecule has 1 heterocycles. The molecule has 0 aliphatic carbocycles. The van der Waals surface area contributed by atoms with E-state index in [0.717, 1.165) is 16.3 Å². The Balaban J connectivity index is 1.60. The van der Waals surface area contributed by atoms with E-state index in [1.54, 1.807) is 6.92 Å². The number of amides is 1. The average molecular weight is 342 g/mol. The van der Waals surface area contributed by atoms with E-state index in [1.807, 2.05) is 72.8 Å². The highest BCUT2D eigenvalue weighted by atomic mass is 16.2. The number of Topliss-reactive ketones (excluding diaryl/α,β-unsaturated/α-hetero) is 1. The minimum absolute atomic E-state index is 0.120. The van der Waals surface area contributed by atoms with Crippen LogP contribution in [0.3, 0.4) is 0 Å². The Morgan fingerprint density at radius 3 is 2.42 bits per heavy atom. The molecule has 0 N–H and O–H groups in total. The summed E-state index contributed by atoms with van der Waals surface area (Å²) in [7, 11) is 0. The quantitative estimate of drug-likeness (QED) is 0.673. The number of hydrogen-bond acceptors (Lipinski definition) is 3. The molecule has 1 unspecified atom stereocenters. The number of carbonyl (C=O) groups excluding carboxylic acids is 2. The number of hydrazone groups is 1. The lowest BCUT2D eigenvalue weighted by molar-refractivity contribution is -0.128. The van der Waals surface area contributed by atoms with Crippen LogP contribution in [0.2, 0.25) is 0 Å². The normalized spacial score (nSPS) is 16.8. The predicted molar refractivity (Wildman–Crippen MR) is 103 cm³/mol. The highest BCUT2D eigenvalue weighted by molar-refractivity contribution is 6.27. The molecule has 0 fully saturated rings. The van der Waals surface area contributed by atoms with Gasteiger partial charge in [-0.15, -0.1) is 0 Å². The first-order valence-corrected chi connectivity index (χ1v) is 8.58. The summed E-state index contributed by atoms with van der Waals surface area (Å²) >= 11 is 0. The fraction of sp³-hybridized carbons (Fsp3) is 0.136. The zero-order valence-corrected chi connectivity index (χ0v) is 14.4. The molecule has 0 spiro atoms. The van der Waals surface area contributed by atoms with Gasteiger partial charge in [-0.2, -0.15) is 10.1 Å². The Bertz CT molecular complexity index is 1020. The van der Waals surface area contributed by atoms with Crippen LogP contribution in [-0.4, -0.2) is 17.4 Å². The predicted octanol–water partition coefficient (Wildman–Crippen LogP) is 3.99. The van der Waals surface area contributed by atoms with Crippen molar-refractivity contribution in [1.82, 2.24) is 0 Å². The van der Waals surface area contributed by atoms with E-state index >= 15 is 0 Å². The Hall–Kier alpha value is -3.27. The maximum Gasteiger partial charge on any atom is 0.263 e. The number of rotatable bonds is 4. The van der Waals surface area contributed by atoms with Gasteiger partial charge < -0.3 is 0 Å². The molecule has 0 bridgehead atoms. The fourth-order valence-electron chi connectivity index (χ4n) is 3.33. The first-order chi connectivity index (χ1) is 12.6. The van der Waals surface area contributed by atoms with Crippen molar-refractivity contribution in [3.05, 3.63) is 78.4 Å². The SMILES string of the molecule is CC1=NN(c2ccc3ccccc3c2)C(=O)C1C(=O)Cc1ccccc1. The Labute approximate surface area is 151 Å². The zero-order valence-electron chi connectivity index (χ0n) is 14.4. The summed E-state index contributed by atoms with van der Waals surface area (Å²) in [5.74, 6) is -1.20. The molecular weight excluding hydrogens is 324 g/mol. The summed E-state index contributed by atoms with van der Waals surface area (Å²) in [6.45, 7) is 1.74. The molecule has 0 saturated heterocycles. The van der Waals surface area contributed by atoms with Crippen molar-refractivity contribution in [3.8, 4) is 0 Å². The van der Waals surface area contributed by atoms with Crippen LogP contribution >= 0.6 is 0 Å². The maximum absolute atomic E-state index is 12.9. The molecule has 1 aliphatic heterocycles. The lowest BCUT2D eigenvalue weighted by Gasteiger charge is -2.14. The molecule has 1 amide bonds. The second-order valence-corrected chi connectivity index (χ2v) is 6.48. The second-order valence-electron chi connectivity index (χ2n) is 6.48. The zero-order chi connectivity index (χ0) is 18.1. The standard InChI is InChI=1S/C22H18N2O2/c1-15-21(20(25)13-16-7-3-2-4-8-16)22(26)24(23-15)19-12-11-17-9-5-6-10-18(17)14-19/h2-12,14,21H,13H2,1H3. The summed E-state index contributed by atoms with van der Waals surface area (Å²) < 4.78 is 0. The van der Waals surface area contributed by atoms with Gasteiger partial charge in [0.25, 0.3) is 5.91 Å². The van der Waals surface area contributed by atoms with Crippen molar-refractivity contribution in [3.63, 3.8) is 0 Å². The van der Waals surface area contributed by atoms with Gasteiger partial charge in [-0.1, -0.05) is 60.7 Å². The van der Waals surface area contributed by atoms with E-state index < -0.39 is 5.92 Å². The third-order valence-corrected chi connectivity index (χ3v) is 4.65. The van der Waals surface area contributed by atoms with Crippen LogP contribution in [0.4, 0.5) is 5.69 Å². The molecule has 26 heavy (non-hydrogen) atoms. The van der Waals surface area contributed by atoms with E-state index in [9.17, 15) is 9.59 Å². The van der Waals surface area contributed by atoms with E-state index in [1.165, 1.54) is 5.01 Å². The smallest absolute Gasteiger partial charge is 0.263 e. The van der Waals surface area contributed by atoms with Crippen LogP contribution in [0, 0.1) is 5.92 Å². The van der Waals surface area contributed by atoms with Gasteiger partial charge in [0.2, 0.25) is 0 Å². The van der Waals surface area contributed by atoms with Gasteiger partial charge in [0.15, 0.2) is 5.78 Å². The van der Waals surface area contributed by atoms with Crippen LogP contribution in [-0.2, 0) is 16.0 Å². The van der Waals surface area contributed by atoms with Crippen LogP contribution in [0.15, 0.2) is 77.9 Å². The number of fused-ring (bicyclic) bond motifs is 1. The molecule has 0 aromatic heterocycles. The molecule has 3 aromatic carbocycles. The number of hydrogen-bond donors (Lipinski definition) is 0. The number of ketones is 1. The van der Waals surface area contributed by atoms with Crippen molar-refractivity contribution >= 4 is 33.9 Å². The molecule has 128 valence electrons. The molecule has 0 radical (unpaired) electrons. The van der Waals surface area contributed by atoms with Crippen LogP contribution < -0.4 is 5.01 Å². The largest absolute Gasteiger partial charge is 0.298 e. The van der Waals surface area contributed by atoms with E-state index in [-0.39, 0.29) is 18.1 Å². The topological polar surface area (TPSA) is 49.7 Å². The molecule has 0 saturated carbocycles. The van der Waals surface area contributed by atoms with Gasteiger partial charge in [0.1, 0.15) is 5.92 Å². The van der Waals surface area contributed by atoms with E-state index in [4.69, 9.17) is 0 Å². The molecule has 1 atom stereocenters. The summed E-state index contributed by atoms with van der Waals surface area (Å²) in [6, 6.07) is 23.2. The molecule has 3 aromatic rings. The van der Waals surface area contributed by atoms with Gasteiger partial charge in [0, 0.05) is 6.42 Å². The summed E-state index contributed by atoms with van der Waals surface area (Å²) in [5.41, 5.74) is 2.13. The maximum atomic E-state index is 12.9.